The zero-order valence-electron chi connectivity index (χ0n) is 17.7. The van der Waals surface area contributed by atoms with Gasteiger partial charge in [-0.25, -0.2) is 0 Å². The highest BCUT2D eigenvalue weighted by molar-refractivity contribution is 14.0. The van der Waals surface area contributed by atoms with Crippen molar-refractivity contribution in [1.29, 1.82) is 0 Å². The zero-order valence-corrected chi connectivity index (χ0v) is 20.1. The number of hydrogen-bond acceptors (Lipinski definition) is 4. The number of guanidine groups is 1. The number of nitrogens with zero attached hydrogens (tertiary/aromatic N) is 3. The molecule has 164 valence electrons. The molecule has 1 aromatic heterocycles. The number of primary amides is 1. The lowest BCUT2D eigenvalue weighted by Crippen LogP contribution is -2.47. The molecule has 2 fully saturated rings. The minimum absolute atomic E-state index is 0. The number of furan rings is 1. The SMILES string of the molecule is CCNC(=NCC(c1ccc(C)o1)N1CCCC1)N1CCCC(CC(N)=O)C1.I. The van der Waals surface area contributed by atoms with Gasteiger partial charge in [0.05, 0.1) is 12.6 Å². The Morgan fingerprint density at radius 1 is 1.31 bits per heavy atom. The van der Waals surface area contributed by atoms with Crippen LogP contribution in [0.1, 0.15) is 56.6 Å². The van der Waals surface area contributed by atoms with Gasteiger partial charge in [0, 0.05) is 26.1 Å². The Bertz CT molecular complexity index is 672. The minimum atomic E-state index is -0.212. The average Bonchev–Trinajstić information content (AvgIpc) is 3.33. The number of halogens is 1. The largest absolute Gasteiger partial charge is 0.465 e. The molecule has 8 heteroatoms. The van der Waals surface area contributed by atoms with Crippen LogP contribution in [-0.4, -0.2) is 60.9 Å². The number of hydrogen-bond donors (Lipinski definition) is 2. The summed E-state index contributed by atoms with van der Waals surface area (Å²) in [6.07, 6.45) is 5.05. The fraction of sp³-hybridized carbons (Fsp3) is 0.714. The molecule has 3 rings (SSSR count). The van der Waals surface area contributed by atoms with Gasteiger partial charge < -0.3 is 20.4 Å². The maximum atomic E-state index is 11.3. The number of carbonyl (C=O) groups excluding carboxylic acids is 1. The third kappa shape index (κ3) is 6.87. The molecule has 7 nitrogen and oxygen atoms in total. The van der Waals surface area contributed by atoms with Crippen molar-refractivity contribution in [3.8, 4) is 0 Å². The van der Waals surface area contributed by atoms with Gasteiger partial charge in [0.2, 0.25) is 5.91 Å². The average molecular weight is 517 g/mol. The third-order valence-corrected chi connectivity index (χ3v) is 5.73. The number of rotatable bonds is 7. The molecule has 0 saturated carbocycles. The van der Waals surface area contributed by atoms with Gasteiger partial charge in [-0.1, -0.05) is 0 Å². The molecule has 3 N–H and O–H groups in total. The normalized spacial score (nSPS) is 21.7. The second-order valence-corrected chi connectivity index (χ2v) is 8.03. The van der Waals surface area contributed by atoms with Gasteiger partial charge in [-0.05, 0) is 70.7 Å². The molecular formula is C21H36IN5O2. The van der Waals surface area contributed by atoms with Crippen molar-refractivity contribution in [2.24, 2.45) is 16.6 Å². The Balaban J connectivity index is 0.00000300. The van der Waals surface area contributed by atoms with Crippen molar-refractivity contribution in [1.82, 2.24) is 15.1 Å². The van der Waals surface area contributed by atoms with Gasteiger partial charge in [0.1, 0.15) is 11.5 Å². The van der Waals surface area contributed by atoms with E-state index >= 15 is 0 Å². The van der Waals surface area contributed by atoms with Crippen molar-refractivity contribution in [3.63, 3.8) is 0 Å². The summed E-state index contributed by atoms with van der Waals surface area (Å²) >= 11 is 0. The van der Waals surface area contributed by atoms with Crippen LogP contribution < -0.4 is 11.1 Å². The Morgan fingerprint density at radius 2 is 2.07 bits per heavy atom. The first-order valence-corrected chi connectivity index (χ1v) is 10.7. The molecule has 29 heavy (non-hydrogen) atoms. The van der Waals surface area contributed by atoms with E-state index in [1.807, 2.05) is 13.0 Å². The van der Waals surface area contributed by atoms with Crippen LogP contribution in [0.3, 0.4) is 0 Å². The molecule has 0 radical (unpaired) electrons. The Kier molecular flexibility index (Phi) is 9.74. The maximum absolute atomic E-state index is 11.3. The number of aryl methyl sites for hydroxylation is 1. The fourth-order valence-electron chi connectivity index (χ4n) is 4.38. The Morgan fingerprint density at radius 3 is 2.69 bits per heavy atom. The van der Waals surface area contributed by atoms with Gasteiger partial charge in [0.25, 0.3) is 0 Å². The number of carbonyl (C=O) groups is 1. The van der Waals surface area contributed by atoms with E-state index in [1.165, 1.54) is 12.8 Å². The van der Waals surface area contributed by atoms with Crippen LogP contribution in [0.2, 0.25) is 0 Å². The smallest absolute Gasteiger partial charge is 0.217 e. The van der Waals surface area contributed by atoms with E-state index in [4.69, 9.17) is 15.1 Å². The van der Waals surface area contributed by atoms with E-state index in [0.29, 0.717) is 18.9 Å². The minimum Gasteiger partial charge on any atom is -0.465 e. The van der Waals surface area contributed by atoms with Crippen LogP contribution in [0.25, 0.3) is 0 Å². The van der Waals surface area contributed by atoms with E-state index in [9.17, 15) is 4.79 Å². The maximum Gasteiger partial charge on any atom is 0.217 e. The number of amides is 1. The van der Waals surface area contributed by atoms with Gasteiger partial charge in [-0.2, -0.15) is 0 Å². The molecule has 2 saturated heterocycles. The van der Waals surface area contributed by atoms with Crippen molar-refractivity contribution in [2.75, 3.05) is 39.3 Å². The second-order valence-electron chi connectivity index (χ2n) is 8.03. The van der Waals surface area contributed by atoms with Crippen LogP contribution in [0.15, 0.2) is 21.5 Å². The summed E-state index contributed by atoms with van der Waals surface area (Å²) in [7, 11) is 0. The summed E-state index contributed by atoms with van der Waals surface area (Å²) in [4.78, 5) is 21.1. The van der Waals surface area contributed by atoms with Crippen LogP contribution in [0.5, 0.6) is 0 Å². The summed E-state index contributed by atoms with van der Waals surface area (Å²) in [5, 5.41) is 3.44. The lowest BCUT2D eigenvalue weighted by atomic mass is 9.95. The predicted molar refractivity (Wildman–Crippen MR) is 126 cm³/mol. The molecule has 0 aliphatic carbocycles. The molecule has 0 aromatic carbocycles. The van der Waals surface area contributed by atoms with E-state index in [2.05, 4.69) is 28.1 Å². The Hall–Kier alpha value is -1.29. The standard InChI is InChI=1S/C21H35N5O2.HI/c1-3-23-21(26-12-6-7-17(15-26)13-20(22)27)24-14-18(25-10-4-5-11-25)19-9-8-16(2)28-19;/h8-9,17-18H,3-7,10-15H2,1-2H3,(H2,22,27)(H,23,24);1H. The highest BCUT2D eigenvalue weighted by Gasteiger charge is 2.27. The monoisotopic (exact) mass is 517 g/mol. The number of piperidine rings is 1. The van der Waals surface area contributed by atoms with Gasteiger partial charge in [0.15, 0.2) is 5.96 Å². The summed E-state index contributed by atoms with van der Waals surface area (Å²) in [6, 6.07) is 4.30. The van der Waals surface area contributed by atoms with E-state index in [-0.39, 0.29) is 35.9 Å². The van der Waals surface area contributed by atoms with Crippen molar-refractivity contribution in [2.45, 2.75) is 52.0 Å². The Labute approximate surface area is 191 Å². The number of nitrogens with one attached hydrogen (secondary N) is 1. The zero-order chi connectivity index (χ0) is 19.9. The van der Waals surface area contributed by atoms with Crippen molar-refractivity contribution >= 4 is 35.8 Å². The van der Waals surface area contributed by atoms with Gasteiger partial charge in [-0.15, -0.1) is 24.0 Å². The fourth-order valence-corrected chi connectivity index (χ4v) is 4.38. The topological polar surface area (TPSA) is 87.1 Å². The summed E-state index contributed by atoms with van der Waals surface area (Å²) in [5.41, 5.74) is 5.42. The first kappa shape index (κ1) is 24.0. The van der Waals surface area contributed by atoms with E-state index < -0.39 is 0 Å². The van der Waals surface area contributed by atoms with Gasteiger partial charge >= 0.3 is 0 Å². The molecule has 1 aromatic rings. The molecule has 3 heterocycles. The summed E-state index contributed by atoms with van der Waals surface area (Å²) in [5.74, 6) is 2.99. The molecular weight excluding hydrogens is 481 g/mol. The summed E-state index contributed by atoms with van der Waals surface area (Å²) < 4.78 is 5.96. The lowest BCUT2D eigenvalue weighted by Gasteiger charge is -2.35. The quantitative estimate of drug-likeness (QED) is 0.330. The van der Waals surface area contributed by atoms with Crippen LogP contribution >= 0.6 is 24.0 Å². The molecule has 2 unspecified atom stereocenters. The molecule has 1 amide bonds. The van der Waals surface area contributed by atoms with Crippen molar-refractivity contribution in [3.05, 3.63) is 23.7 Å². The van der Waals surface area contributed by atoms with Gasteiger partial charge in [-0.3, -0.25) is 14.7 Å². The molecule has 2 aliphatic heterocycles. The first-order valence-electron chi connectivity index (χ1n) is 10.7. The number of nitrogens with two attached hydrogens (primary N) is 1. The van der Waals surface area contributed by atoms with E-state index in [0.717, 1.165) is 63.0 Å². The molecule has 2 aliphatic rings. The van der Waals surface area contributed by atoms with Crippen LogP contribution in [0.4, 0.5) is 0 Å². The number of aliphatic imine (C=N–C) groups is 1. The first-order chi connectivity index (χ1) is 13.6. The number of likely N-dealkylation sites (tertiary alicyclic amines) is 2. The molecule has 0 bridgehead atoms. The molecule has 2 atom stereocenters. The predicted octanol–water partition coefficient (Wildman–Crippen LogP) is 2.90. The summed E-state index contributed by atoms with van der Waals surface area (Å²) in [6.45, 7) is 9.58. The van der Waals surface area contributed by atoms with Crippen LogP contribution in [-0.2, 0) is 4.79 Å². The highest BCUT2D eigenvalue weighted by Crippen LogP contribution is 2.27. The van der Waals surface area contributed by atoms with Crippen LogP contribution in [0, 0.1) is 12.8 Å². The third-order valence-electron chi connectivity index (χ3n) is 5.73. The second kappa shape index (κ2) is 11.8. The van der Waals surface area contributed by atoms with Crippen molar-refractivity contribution < 1.29 is 9.21 Å². The lowest BCUT2D eigenvalue weighted by molar-refractivity contribution is -0.119. The molecule has 0 spiro atoms. The highest BCUT2D eigenvalue weighted by atomic mass is 127. The van der Waals surface area contributed by atoms with E-state index in [1.54, 1.807) is 0 Å².